The third-order valence-corrected chi connectivity index (χ3v) is 6.49. The van der Waals surface area contributed by atoms with E-state index in [0.29, 0.717) is 27.6 Å². The Morgan fingerprint density at radius 3 is 2.39 bits per heavy atom. The highest BCUT2D eigenvalue weighted by molar-refractivity contribution is 6.34. The van der Waals surface area contributed by atoms with Crippen molar-refractivity contribution in [1.82, 2.24) is 4.57 Å². The normalized spacial score (nSPS) is 17.5. The summed E-state index contributed by atoms with van der Waals surface area (Å²) in [5, 5.41) is 13.7. The molecule has 0 saturated heterocycles. The van der Waals surface area contributed by atoms with E-state index in [0.717, 1.165) is 12.1 Å². The summed E-state index contributed by atoms with van der Waals surface area (Å²) in [5.74, 6) is -0.352. The highest BCUT2D eigenvalue weighted by Gasteiger charge is 2.62. The maximum absolute atomic E-state index is 14.2. The van der Waals surface area contributed by atoms with Crippen molar-refractivity contribution >= 4 is 45.7 Å². The number of oxime groups is 1. The third-order valence-electron chi connectivity index (χ3n) is 6.05. The molecule has 1 atom stereocenters. The molecule has 3 aromatic carbocycles. The van der Waals surface area contributed by atoms with Crippen LogP contribution in [-0.4, -0.2) is 22.4 Å². The Kier molecular flexibility index (Phi) is 5.78. The lowest BCUT2D eigenvalue weighted by Gasteiger charge is -2.29. The van der Waals surface area contributed by atoms with Gasteiger partial charge in [-0.1, -0.05) is 46.6 Å². The molecule has 0 bridgehead atoms. The molecule has 0 saturated carbocycles. The minimum absolute atomic E-state index is 0.0421. The van der Waals surface area contributed by atoms with E-state index in [1.807, 2.05) is 0 Å². The Morgan fingerprint density at radius 1 is 1.06 bits per heavy atom. The van der Waals surface area contributed by atoms with Crippen LogP contribution in [-0.2, 0) is 10.4 Å². The summed E-state index contributed by atoms with van der Waals surface area (Å²) >= 11 is 11.9. The predicted octanol–water partition coefficient (Wildman–Crippen LogP) is 7.09. The van der Waals surface area contributed by atoms with Crippen molar-refractivity contribution in [1.29, 1.82) is 5.26 Å². The van der Waals surface area contributed by atoms with E-state index in [9.17, 15) is 23.2 Å². The number of carbonyl (C=O) groups excluding carboxylic acids is 1. The van der Waals surface area contributed by atoms with Crippen LogP contribution < -0.4 is 0 Å². The predicted molar refractivity (Wildman–Crippen MR) is 129 cm³/mol. The molecule has 180 valence electrons. The van der Waals surface area contributed by atoms with Crippen LogP contribution >= 0.6 is 23.2 Å². The van der Waals surface area contributed by atoms with Gasteiger partial charge in [0.25, 0.3) is 11.5 Å². The van der Waals surface area contributed by atoms with E-state index < -0.39 is 18.2 Å². The van der Waals surface area contributed by atoms with Gasteiger partial charge in [0.15, 0.2) is 0 Å². The highest BCUT2D eigenvalue weighted by Crippen LogP contribution is 2.49. The zero-order valence-electron chi connectivity index (χ0n) is 18.2. The fourth-order valence-electron chi connectivity index (χ4n) is 4.23. The van der Waals surface area contributed by atoms with Crippen LogP contribution in [0.2, 0.25) is 10.0 Å². The Balaban J connectivity index is 1.44. The number of carbonyl (C=O) groups is 1. The minimum Gasteiger partial charge on any atom is -0.374 e. The van der Waals surface area contributed by atoms with Gasteiger partial charge in [-0.05, 0) is 54.1 Å². The van der Waals surface area contributed by atoms with Gasteiger partial charge in [-0.3, -0.25) is 9.36 Å². The summed E-state index contributed by atoms with van der Waals surface area (Å²) in [6.45, 7) is 0. The molecule has 0 aliphatic carbocycles. The number of fused-ring (bicyclic) bond motifs is 1. The van der Waals surface area contributed by atoms with E-state index in [2.05, 4.69) is 11.2 Å². The third kappa shape index (κ3) is 3.91. The number of hydrogen-bond acceptors (Lipinski definition) is 4. The molecular formula is C26H14Cl2F3N3O2. The van der Waals surface area contributed by atoms with E-state index in [4.69, 9.17) is 28.0 Å². The first-order valence-electron chi connectivity index (χ1n) is 10.6. The van der Waals surface area contributed by atoms with Crippen molar-refractivity contribution in [2.45, 2.75) is 18.2 Å². The summed E-state index contributed by atoms with van der Waals surface area (Å²) < 4.78 is 44.0. The van der Waals surface area contributed by atoms with E-state index in [1.165, 1.54) is 34.9 Å². The van der Waals surface area contributed by atoms with Crippen molar-refractivity contribution in [3.8, 4) is 6.07 Å². The summed E-state index contributed by atoms with van der Waals surface area (Å²) in [4.78, 5) is 18.1. The van der Waals surface area contributed by atoms with E-state index in [-0.39, 0.29) is 27.2 Å². The Hall–Kier alpha value is -3.80. The average Bonchev–Trinajstić information content (AvgIpc) is 3.49. The number of alkyl halides is 3. The first-order valence-corrected chi connectivity index (χ1v) is 11.3. The molecule has 1 unspecified atom stereocenters. The minimum atomic E-state index is -4.81. The molecule has 0 radical (unpaired) electrons. The lowest BCUT2D eigenvalue weighted by molar-refractivity contribution is -0.275. The summed E-state index contributed by atoms with van der Waals surface area (Å²) in [7, 11) is 0. The number of nitriles is 1. The molecule has 2 heterocycles. The second-order valence-electron chi connectivity index (χ2n) is 8.21. The molecule has 5 rings (SSSR count). The van der Waals surface area contributed by atoms with Gasteiger partial charge in [0.05, 0.1) is 22.9 Å². The van der Waals surface area contributed by atoms with Crippen molar-refractivity contribution in [2.24, 2.45) is 5.16 Å². The Morgan fingerprint density at radius 2 is 1.75 bits per heavy atom. The molecular weight excluding hydrogens is 514 g/mol. The fraction of sp³-hybridized carbons (Fsp3) is 0.115. The number of aromatic nitrogens is 1. The van der Waals surface area contributed by atoms with Gasteiger partial charge in [0.1, 0.15) is 0 Å². The van der Waals surface area contributed by atoms with Gasteiger partial charge in [0.2, 0.25) is 0 Å². The molecule has 0 N–H and O–H groups in total. The molecule has 1 aliphatic rings. The van der Waals surface area contributed by atoms with Crippen LogP contribution in [0.1, 0.15) is 33.5 Å². The number of halogens is 5. The van der Waals surface area contributed by atoms with Gasteiger partial charge in [-0.25, -0.2) is 0 Å². The Bertz CT molecular complexity index is 1570. The Labute approximate surface area is 212 Å². The fourth-order valence-corrected chi connectivity index (χ4v) is 4.76. The van der Waals surface area contributed by atoms with Gasteiger partial charge in [0, 0.05) is 39.2 Å². The zero-order chi connectivity index (χ0) is 25.7. The molecule has 36 heavy (non-hydrogen) atoms. The van der Waals surface area contributed by atoms with Crippen LogP contribution in [0.15, 0.2) is 78.1 Å². The molecule has 1 aliphatic heterocycles. The van der Waals surface area contributed by atoms with Crippen molar-refractivity contribution in [3.05, 3.63) is 105 Å². The quantitative estimate of drug-likeness (QED) is 0.285. The lowest BCUT2D eigenvalue weighted by atomic mass is 9.86. The van der Waals surface area contributed by atoms with Crippen LogP contribution in [0.5, 0.6) is 0 Å². The monoisotopic (exact) mass is 527 g/mol. The van der Waals surface area contributed by atoms with Crippen LogP contribution in [0.4, 0.5) is 13.2 Å². The number of rotatable bonds is 3. The second-order valence-corrected chi connectivity index (χ2v) is 9.08. The maximum atomic E-state index is 14.2. The molecule has 5 nitrogen and oxygen atoms in total. The highest BCUT2D eigenvalue weighted by atomic mass is 35.5. The van der Waals surface area contributed by atoms with Crippen molar-refractivity contribution in [2.75, 3.05) is 0 Å². The number of nitrogens with zero attached hydrogens (tertiary/aromatic N) is 3. The average molecular weight is 528 g/mol. The standard InChI is InChI=1S/C26H14Cl2F3N3O2/c27-19-10-18(11-20(28)12-19)25(26(29,30)31)13-22(33-36-25)15-4-6-16(7-5-15)24(35)34-9-8-21-17(14-32)2-1-3-23(21)34/h1-12H,13H2. The van der Waals surface area contributed by atoms with Gasteiger partial charge in [-0.15, -0.1) is 0 Å². The van der Waals surface area contributed by atoms with Gasteiger partial charge in [-0.2, -0.15) is 18.4 Å². The van der Waals surface area contributed by atoms with Crippen molar-refractivity contribution < 1.29 is 22.8 Å². The van der Waals surface area contributed by atoms with Crippen LogP contribution in [0.25, 0.3) is 10.9 Å². The first kappa shape index (κ1) is 23.9. The lowest BCUT2D eigenvalue weighted by Crippen LogP contribution is -2.42. The molecule has 0 fully saturated rings. The number of hydrogen-bond donors (Lipinski definition) is 0. The number of benzene rings is 3. The smallest absolute Gasteiger partial charge is 0.374 e. The molecule has 0 amide bonds. The van der Waals surface area contributed by atoms with E-state index >= 15 is 0 Å². The summed E-state index contributed by atoms with van der Waals surface area (Å²) in [5.41, 5.74) is -1.23. The largest absolute Gasteiger partial charge is 0.435 e. The molecule has 0 spiro atoms. The summed E-state index contributed by atoms with van der Waals surface area (Å²) in [6.07, 6.45) is -3.83. The second kappa shape index (κ2) is 8.70. The molecule has 1 aromatic heterocycles. The van der Waals surface area contributed by atoms with Crippen LogP contribution in [0.3, 0.4) is 0 Å². The van der Waals surface area contributed by atoms with Crippen LogP contribution in [0, 0.1) is 11.3 Å². The molecule has 10 heteroatoms. The van der Waals surface area contributed by atoms with Gasteiger partial charge < -0.3 is 4.84 Å². The molecule has 4 aromatic rings. The van der Waals surface area contributed by atoms with E-state index in [1.54, 1.807) is 30.5 Å². The first-order chi connectivity index (χ1) is 17.1. The summed E-state index contributed by atoms with van der Waals surface area (Å²) in [6, 6.07) is 18.5. The van der Waals surface area contributed by atoms with Crippen molar-refractivity contribution in [3.63, 3.8) is 0 Å². The maximum Gasteiger partial charge on any atom is 0.435 e. The zero-order valence-corrected chi connectivity index (χ0v) is 19.7. The SMILES string of the molecule is N#Cc1cccc2c1ccn2C(=O)c1ccc(C2=NOC(c3cc(Cl)cc(Cl)c3)(C(F)(F)F)C2)cc1. The van der Waals surface area contributed by atoms with Gasteiger partial charge >= 0.3 is 6.18 Å². The topological polar surface area (TPSA) is 67.4 Å².